The monoisotopic (exact) mass is 352 g/mol. The van der Waals surface area contributed by atoms with Crippen LogP contribution in [0, 0.1) is 20.8 Å². The molecule has 1 atom stereocenters. The Morgan fingerprint density at radius 3 is 2.43 bits per heavy atom. The van der Waals surface area contributed by atoms with Crippen molar-refractivity contribution in [3.05, 3.63) is 28.8 Å². The second-order valence-corrected chi connectivity index (χ2v) is 8.41. The number of likely N-dealkylation sites (N-methyl/N-ethyl adjacent to an activating group) is 1. The molecule has 0 saturated carbocycles. The van der Waals surface area contributed by atoms with E-state index >= 15 is 0 Å². The standard InChI is InChI=1S/C17H24N2O2S2/c1-11-7-12(2)16(13(3)8-11)18-15(20)9-19(4)17(21)14-10-22-5-6-23-14/h7-8,14H,5-6,9-10H2,1-4H3,(H,18,20). The summed E-state index contributed by atoms with van der Waals surface area (Å²) in [5.74, 6) is 2.85. The zero-order valence-electron chi connectivity index (χ0n) is 14.1. The summed E-state index contributed by atoms with van der Waals surface area (Å²) in [6.45, 7) is 6.10. The first-order valence-corrected chi connectivity index (χ1v) is 9.91. The van der Waals surface area contributed by atoms with Crippen LogP contribution in [0.1, 0.15) is 16.7 Å². The van der Waals surface area contributed by atoms with E-state index in [0.717, 1.165) is 34.1 Å². The van der Waals surface area contributed by atoms with Gasteiger partial charge in [0.2, 0.25) is 11.8 Å². The molecule has 0 spiro atoms. The summed E-state index contributed by atoms with van der Waals surface area (Å²) < 4.78 is 0. The molecule has 1 fully saturated rings. The van der Waals surface area contributed by atoms with Gasteiger partial charge < -0.3 is 10.2 Å². The topological polar surface area (TPSA) is 49.4 Å². The summed E-state index contributed by atoms with van der Waals surface area (Å²) in [6.07, 6.45) is 0. The van der Waals surface area contributed by atoms with Crippen LogP contribution in [0.25, 0.3) is 0 Å². The van der Waals surface area contributed by atoms with Crippen molar-refractivity contribution in [1.82, 2.24) is 4.90 Å². The highest BCUT2D eigenvalue weighted by Gasteiger charge is 2.26. The van der Waals surface area contributed by atoms with E-state index in [2.05, 4.69) is 5.32 Å². The van der Waals surface area contributed by atoms with Gasteiger partial charge in [-0.05, 0) is 31.9 Å². The fourth-order valence-electron chi connectivity index (χ4n) is 2.73. The van der Waals surface area contributed by atoms with Gasteiger partial charge in [0.15, 0.2) is 0 Å². The molecule has 1 heterocycles. The quantitative estimate of drug-likeness (QED) is 0.905. The van der Waals surface area contributed by atoms with E-state index in [9.17, 15) is 9.59 Å². The van der Waals surface area contributed by atoms with Gasteiger partial charge in [-0.15, -0.1) is 11.8 Å². The number of rotatable bonds is 4. The zero-order chi connectivity index (χ0) is 17.0. The largest absolute Gasteiger partial charge is 0.335 e. The summed E-state index contributed by atoms with van der Waals surface area (Å²) in [4.78, 5) is 26.2. The molecule has 4 nitrogen and oxygen atoms in total. The van der Waals surface area contributed by atoms with Gasteiger partial charge in [0.25, 0.3) is 0 Å². The second kappa shape index (κ2) is 8.11. The van der Waals surface area contributed by atoms with Crippen molar-refractivity contribution < 1.29 is 9.59 Å². The number of benzene rings is 1. The van der Waals surface area contributed by atoms with E-state index in [4.69, 9.17) is 0 Å². The highest BCUT2D eigenvalue weighted by molar-refractivity contribution is 8.07. The van der Waals surface area contributed by atoms with Gasteiger partial charge in [0.05, 0.1) is 11.8 Å². The number of hydrogen-bond acceptors (Lipinski definition) is 4. The molecule has 2 amide bonds. The molecular formula is C17H24N2O2S2. The average molecular weight is 353 g/mol. The molecule has 0 aromatic heterocycles. The minimum Gasteiger partial charge on any atom is -0.335 e. The number of thioether (sulfide) groups is 2. The maximum absolute atomic E-state index is 12.4. The van der Waals surface area contributed by atoms with E-state index in [0.29, 0.717) is 0 Å². The van der Waals surface area contributed by atoms with Crippen LogP contribution >= 0.6 is 23.5 Å². The van der Waals surface area contributed by atoms with E-state index in [-0.39, 0.29) is 23.6 Å². The SMILES string of the molecule is Cc1cc(C)c(NC(=O)CN(C)C(=O)C2CSCCS2)c(C)c1. The molecule has 1 unspecified atom stereocenters. The van der Waals surface area contributed by atoms with Gasteiger partial charge in [-0.3, -0.25) is 9.59 Å². The molecule has 0 bridgehead atoms. The molecule has 1 aromatic rings. The first kappa shape index (κ1) is 18.2. The highest BCUT2D eigenvalue weighted by Crippen LogP contribution is 2.25. The van der Waals surface area contributed by atoms with Crippen LogP contribution in [0.5, 0.6) is 0 Å². The lowest BCUT2D eigenvalue weighted by Crippen LogP contribution is -2.41. The third kappa shape index (κ3) is 4.91. The number of carbonyl (C=O) groups is 2. The van der Waals surface area contributed by atoms with Gasteiger partial charge >= 0.3 is 0 Å². The summed E-state index contributed by atoms with van der Waals surface area (Å²) in [5, 5.41) is 2.93. The number of carbonyl (C=O) groups excluding carboxylic acids is 2. The van der Waals surface area contributed by atoms with Gasteiger partial charge in [0.1, 0.15) is 0 Å². The molecule has 0 aliphatic carbocycles. The summed E-state index contributed by atoms with van der Waals surface area (Å²) in [7, 11) is 1.70. The Balaban J connectivity index is 1.95. The molecule has 1 aromatic carbocycles. The van der Waals surface area contributed by atoms with Gasteiger partial charge in [-0.1, -0.05) is 17.7 Å². The van der Waals surface area contributed by atoms with Crippen molar-refractivity contribution in [2.75, 3.05) is 36.2 Å². The molecule has 23 heavy (non-hydrogen) atoms. The molecule has 0 radical (unpaired) electrons. The number of amides is 2. The van der Waals surface area contributed by atoms with Crippen molar-refractivity contribution in [2.45, 2.75) is 26.0 Å². The van der Waals surface area contributed by atoms with Crippen molar-refractivity contribution in [1.29, 1.82) is 0 Å². The third-order valence-electron chi connectivity index (χ3n) is 3.79. The molecule has 1 N–H and O–H groups in total. The van der Waals surface area contributed by atoms with Crippen molar-refractivity contribution >= 4 is 41.0 Å². The minimum atomic E-state index is -0.149. The first-order valence-electron chi connectivity index (χ1n) is 7.70. The molecule has 1 aliphatic rings. The molecular weight excluding hydrogens is 328 g/mol. The number of aryl methyl sites for hydroxylation is 3. The summed E-state index contributed by atoms with van der Waals surface area (Å²) in [5.41, 5.74) is 4.12. The van der Waals surface area contributed by atoms with E-state index in [1.165, 1.54) is 10.5 Å². The van der Waals surface area contributed by atoms with Crippen molar-refractivity contribution in [3.63, 3.8) is 0 Å². The molecule has 1 saturated heterocycles. The highest BCUT2D eigenvalue weighted by atomic mass is 32.2. The van der Waals surface area contributed by atoms with E-state index < -0.39 is 0 Å². The fraction of sp³-hybridized carbons (Fsp3) is 0.529. The lowest BCUT2D eigenvalue weighted by Gasteiger charge is -2.25. The van der Waals surface area contributed by atoms with Crippen LogP contribution in [0.4, 0.5) is 5.69 Å². The molecule has 126 valence electrons. The smallest absolute Gasteiger partial charge is 0.243 e. The van der Waals surface area contributed by atoms with Crippen LogP contribution in [-0.2, 0) is 9.59 Å². The predicted octanol–water partition coefficient (Wildman–Crippen LogP) is 2.86. The Bertz CT molecular complexity index is 575. The lowest BCUT2D eigenvalue weighted by molar-refractivity contribution is -0.132. The van der Waals surface area contributed by atoms with E-state index in [1.54, 1.807) is 30.6 Å². The molecule has 6 heteroatoms. The van der Waals surface area contributed by atoms with Crippen LogP contribution in [-0.4, -0.2) is 52.8 Å². The van der Waals surface area contributed by atoms with Gasteiger partial charge in [-0.2, -0.15) is 11.8 Å². The van der Waals surface area contributed by atoms with Crippen LogP contribution < -0.4 is 5.32 Å². The first-order chi connectivity index (χ1) is 10.9. The maximum Gasteiger partial charge on any atom is 0.243 e. The Morgan fingerprint density at radius 2 is 1.87 bits per heavy atom. The lowest BCUT2D eigenvalue weighted by atomic mass is 10.1. The Hall–Kier alpha value is -1.14. The zero-order valence-corrected chi connectivity index (χ0v) is 15.8. The van der Waals surface area contributed by atoms with E-state index in [1.807, 2.05) is 32.9 Å². The minimum absolute atomic E-state index is 0.0191. The van der Waals surface area contributed by atoms with Gasteiger partial charge in [-0.25, -0.2) is 0 Å². The van der Waals surface area contributed by atoms with Crippen LogP contribution in [0.2, 0.25) is 0 Å². The average Bonchev–Trinajstić information content (AvgIpc) is 2.51. The Kier molecular flexibility index (Phi) is 6.41. The Labute approximate surface area is 146 Å². The molecule has 1 aliphatic heterocycles. The Morgan fingerprint density at radius 1 is 1.22 bits per heavy atom. The van der Waals surface area contributed by atoms with Crippen molar-refractivity contribution in [3.8, 4) is 0 Å². The van der Waals surface area contributed by atoms with Crippen molar-refractivity contribution in [2.24, 2.45) is 0 Å². The number of hydrogen-bond donors (Lipinski definition) is 1. The van der Waals surface area contributed by atoms with Crippen LogP contribution in [0.3, 0.4) is 0 Å². The maximum atomic E-state index is 12.4. The number of nitrogens with one attached hydrogen (secondary N) is 1. The third-order valence-corrected chi connectivity index (χ3v) is 6.53. The van der Waals surface area contributed by atoms with Gasteiger partial charge in [0, 0.05) is 30.0 Å². The summed E-state index contributed by atoms with van der Waals surface area (Å²) in [6, 6.07) is 4.10. The summed E-state index contributed by atoms with van der Waals surface area (Å²) >= 11 is 3.50. The fourth-order valence-corrected chi connectivity index (χ4v) is 5.39. The number of anilines is 1. The normalized spacial score (nSPS) is 17.7. The predicted molar refractivity (Wildman–Crippen MR) is 100 cm³/mol. The number of nitrogens with zero attached hydrogens (tertiary/aromatic N) is 1. The van der Waals surface area contributed by atoms with Crippen LogP contribution in [0.15, 0.2) is 12.1 Å². The molecule has 2 rings (SSSR count). The second-order valence-electron chi connectivity index (χ2n) is 5.95.